The first-order chi connectivity index (χ1) is 10.7. The number of hydrogen-bond donors (Lipinski definition) is 0. The zero-order chi connectivity index (χ0) is 16.6. The van der Waals surface area contributed by atoms with Gasteiger partial charge in [0.2, 0.25) is 0 Å². The third-order valence-corrected chi connectivity index (χ3v) is 9.85. The molecule has 4 rings (SSSR count). The minimum Gasteiger partial charge on any atom is -0.0675 e. The highest BCUT2D eigenvalue weighted by molar-refractivity contribution is 6.94. The molecular formula is C22H26Si. The minimum atomic E-state index is -1.45. The van der Waals surface area contributed by atoms with Crippen LogP contribution in [0.25, 0.3) is 17.2 Å². The van der Waals surface area contributed by atoms with E-state index in [1.807, 2.05) is 0 Å². The Kier molecular flexibility index (Phi) is 2.91. The van der Waals surface area contributed by atoms with Gasteiger partial charge in [0.1, 0.15) is 0 Å². The van der Waals surface area contributed by atoms with Crippen molar-refractivity contribution in [1.29, 1.82) is 0 Å². The van der Waals surface area contributed by atoms with E-state index in [9.17, 15) is 0 Å². The van der Waals surface area contributed by atoms with Crippen LogP contribution in [-0.4, -0.2) is 8.07 Å². The van der Waals surface area contributed by atoms with Crippen molar-refractivity contribution < 1.29 is 0 Å². The first kappa shape index (κ1) is 15.0. The average Bonchev–Trinajstić information content (AvgIpc) is 2.89. The summed E-state index contributed by atoms with van der Waals surface area (Å²) in [5.41, 5.74) is 9.96. The molecular weight excluding hydrogens is 292 g/mol. The van der Waals surface area contributed by atoms with Crippen molar-refractivity contribution in [3.63, 3.8) is 0 Å². The number of fused-ring (bicyclic) bond motifs is 1. The van der Waals surface area contributed by atoms with E-state index >= 15 is 0 Å². The van der Waals surface area contributed by atoms with Crippen LogP contribution in [0.5, 0.6) is 0 Å². The summed E-state index contributed by atoms with van der Waals surface area (Å²) in [6.07, 6.45) is 2.42. The smallest absolute Gasteiger partial charge is 0.0675 e. The maximum atomic E-state index is 2.54. The SMILES string of the molecule is CC1=Cc2ccc3c(-c4ccc(C(C)(C)C)cc4)c2C1[Si]3(C)C. The maximum absolute atomic E-state index is 2.54. The van der Waals surface area contributed by atoms with Crippen molar-refractivity contribution in [3.05, 3.63) is 58.7 Å². The number of rotatable bonds is 1. The Morgan fingerprint density at radius 3 is 2.17 bits per heavy atom. The highest BCUT2D eigenvalue weighted by Crippen LogP contribution is 2.51. The van der Waals surface area contributed by atoms with Crippen molar-refractivity contribution in [2.24, 2.45) is 0 Å². The van der Waals surface area contributed by atoms with Crippen LogP contribution in [-0.2, 0) is 5.41 Å². The van der Waals surface area contributed by atoms with Crippen LogP contribution in [0.3, 0.4) is 0 Å². The third kappa shape index (κ3) is 1.96. The molecule has 0 radical (unpaired) electrons. The fourth-order valence-corrected chi connectivity index (χ4v) is 8.70. The fourth-order valence-electron chi connectivity index (χ4n) is 4.70. The summed E-state index contributed by atoms with van der Waals surface area (Å²) in [6.45, 7) is 14.3. The molecule has 0 nitrogen and oxygen atoms in total. The molecule has 2 aromatic rings. The lowest BCUT2D eigenvalue weighted by Crippen LogP contribution is -2.43. The number of hydrogen-bond acceptors (Lipinski definition) is 0. The van der Waals surface area contributed by atoms with E-state index in [1.54, 1.807) is 21.9 Å². The lowest BCUT2D eigenvalue weighted by Gasteiger charge is -2.25. The largest absolute Gasteiger partial charge is 0.0931 e. The Morgan fingerprint density at radius 2 is 1.57 bits per heavy atom. The minimum absolute atomic E-state index is 0.217. The van der Waals surface area contributed by atoms with Gasteiger partial charge in [-0.25, -0.2) is 0 Å². The molecule has 0 saturated carbocycles. The lowest BCUT2D eigenvalue weighted by atomic mass is 9.85. The summed E-state index contributed by atoms with van der Waals surface area (Å²) in [4.78, 5) is 0. The molecule has 0 fully saturated rings. The van der Waals surface area contributed by atoms with Crippen molar-refractivity contribution in [1.82, 2.24) is 0 Å². The quantitative estimate of drug-likeness (QED) is 0.599. The zero-order valence-corrected chi connectivity index (χ0v) is 16.1. The normalized spacial score (nSPS) is 20.8. The molecule has 1 heteroatoms. The molecule has 0 N–H and O–H groups in total. The van der Waals surface area contributed by atoms with E-state index in [4.69, 9.17) is 0 Å². The molecule has 2 aromatic carbocycles. The predicted molar refractivity (Wildman–Crippen MR) is 104 cm³/mol. The van der Waals surface area contributed by atoms with Crippen molar-refractivity contribution in [3.8, 4) is 11.1 Å². The van der Waals surface area contributed by atoms with Gasteiger partial charge in [-0.1, -0.05) is 87.1 Å². The Morgan fingerprint density at radius 1 is 0.913 bits per heavy atom. The van der Waals surface area contributed by atoms with Crippen LogP contribution in [0.4, 0.5) is 0 Å². The molecule has 1 heterocycles. The van der Waals surface area contributed by atoms with E-state index in [2.05, 4.69) is 83.3 Å². The standard InChI is InChI=1S/C22H26Si/c1-14-13-16-9-12-18-19(20(16)21(14)23(18,5)6)15-7-10-17(11-8-15)22(2,3)4/h7-13,21H,1-6H3. The highest BCUT2D eigenvalue weighted by Gasteiger charge is 2.48. The summed E-state index contributed by atoms with van der Waals surface area (Å²) in [5, 5.41) is 1.65. The van der Waals surface area contributed by atoms with Crippen LogP contribution >= 0.6 is 0 Å². The molecule has 2 bridgehead atoms. The van der Waals surface area contributed by atoms with E-state index in [0.717, 1.165) is 0 Å². The second kappa shape index (κ2) is 4.48. The molecule has 0 aromatic heterocycles. The summed E-state index contributed by atoms with van der Waals surface area (Å²) in [5.74, 6) is 0. The molecule has 1 atom stereocenters. The maximum Gasteiger partial charge on any atom is 0.0931 e. The molecule has 118 valence electrons. The topological polar surface area (TPSA) is 0 Å². The van der Waals surface area contributed by atoms with Gasteiger partial charge in [0.15, 0.2) is 0 Å². The van der Waals surface area contributed by atoms with E-state index < -0.39 is 8.07 Å². The van der Waals surface area contributed by atoms with Gasteiger partial charge in [0, 0.05) is 5.54 Å². The van der Waals surface area contributed by atoms with Crippen LogP contribution in [0.2, 0.25) is 13.1 Å². The van der Waals surface area contributed by atoms with Crippen LogP contribution in [0.15, 0.2) is 42.0 Å². The van der Waals surface area contributed by atoms with Crippen LogP contribution in [0, 0.1) is 0 Å². The predicted octanol–water partition coefficient (Wildman–Crippen LogP) is 5.62. The van der Waals surface area contributed by atoms with Gasteiger partial charge < -0.3 is 0 Å². The molecule has 1 aliphatic heterocycles. The highest BCUT2D eigenvalue weighted by atomic mass is 28.3. The summed E-state index contributed by atoms with van der Waals surface area (Å²) in [6, 6.07) is 14.1. The van der Waals surface area contributed by atoms with Gasteiger partial charge >= 0.3 is 0 Å². The van der Waals surface area contributed by atoms with Crippen molar-refractivity contribution in [2.75, 3.05) is 0 Å². The Labute approximate surface area is 141 Å². The molecule has 1 aliphatic carbocycles. The van der Waals surface area contributed by atoms with Crippen LogP contribution in [0.1, 0.15) is 49.9 Å². The fraction of sp³-hybridized carbons (Fsp3) is 0.364. The van der Waals surface area contributed by atoms with E-state index in [0.29, 0.717) is 5.54 Å². The molecule has 1 unspecified atom stereocenters. The van der Waals surface area contributed by atoms with Crippen molar-refractivity contribution in [2.45, 2.75) is 51.7 Å². The summed E-state index contributed by atoms with van der Waals surface area (Å²) in [7, 11) is -1.45. The van der Waals surface area contributed by atoms with E-state index in [-0.39, 0.29) is 5.41 Å². The molecule has 0 saturated heterocycles. The molecule has 0 amide bonds. The zero-order valence-electron chi connectivity index (χ0n) is 15.1. The Hall–Kier alpha value is -1.60. The Bertz CT molecular complexity index is 830. The number of benzene rings is 2. The second-order valence-electron chi connectivity index (χ2n) is 8.86. The van der Waals surface area contributed by atoms with E-state index in [1.165, 1.54) is 16.7 Å². The van der Waals surface area contributed by atoms with Gasteiger partial charge in [-0.15, -0.1) is 0 Å². The first-order valence-electron chi connectivity index (χ1n) is 8.68. The average molecular weight is 319 g/mol. The first-order valence-corrected chi connectivity index (χ1v) is 11.8. The summed E-state index contributed by atoms with van der Waals surface area (Å²) < 4.78 is 0. The number of allylic oxidation sites excluding steroid dienone is 1. The molecule has 0 spiro atoms. The van der Waals surface area contributed by atoms with Gasteiger partial charge in [0.25, 0.3) is 0 Å². The van der Waals surface area contributed by atoms with Crippen molar-refractivity contribution >= 4 is 19.3 Å². The van der Waals surface area contributed by atoms with Gasteiger partial charge in [0.05, 0.1) is 8.07 Å². The van der Waals surface area contributed by atoms with Crippen LogP contribution < -0.4 is 5.19 Å². The van der Waals surface area contributed by atoms with Gasteiger partial charge in [-0.2, -0.15) is 0 Å². The molecule has 23 heavy (non-hydrogen) atoms. The Balaban J connectivity index is 1.90. The van der Waals surface area contributed by atoms with Gasteiger partial charge in [-0.3, -0.25) is 0 Å². The third-order valence-electron chi connectivity index (χ3n) is 5.86. The monoisotopic (exact) mass is 318 g/mol. The summed E-state index contributed by atoms with van der Waals surface area (Å²) >= 11 is 0. The molecule has 2 aliphatic rings. The lowest BCUT2D eigenvalue weighted by molar-refractivity contribution is 0.590. The van der Waals surface area contributed by atoms with Gasteiger partial charge in [-0.05, 0) is 40.2 Å². The second-order valence-corrected chi connectivity index (χ2v) is 13.4.